The normalized spacial score (nSPS) is 25.2. The third-order valence-electron chi connectivity index (χ3n) is 3.33. The lowest BCUT2D eigenvalue weighted by molar-refractivity contribution is -0.120. The third kappa shape index (κ3) is 4.61. The first kappa shape index (κ1) is 14.9. The highest BCUT2D eigenvalue weighted by Crippen LogP contribution is 2.20. The number of nitrogens with one attached hydrogen (secondary N) is 1. The van der Waals surface area contributed by atoms with Crippen LogP contribution >= 0.6 is 0 Å². The molecule has 0 aromatic heterocycles. The average Bonchev–Trinajstić information content (AvgIpc) is 2.36. The lowest BCUT2D eigenvalue weighted by Gasteiger charge is -2.30. The van der Waals surface area contributed by atoms with E-state index >= 15 is 0 Å². The molecule has 1 aliphatic rings. The van der Waals surface area contributed by atoms with Crippen molar-refractivity contribution in [3.63, 3.8) is 0 Å². The van der Waals surface area contributed by atoms with Crippen molar-refractivity contribution in [2.45, 2.75) is 52.2 Å². The molecule has 1 rings (SSSR count). The molecule has 0 radical (unpaired) electrons. The SMILES string of the molecule is CCC(C)CO[C@H]1C=C(C=O)CC[C@H]1NC(C)=O. The lowest BCUT2D eigenvalue weighted by atomic mass is 9.93. The summed E-state index contributed by atoms with van der Waals surface area (Å²) in [6.07, 6.45) is 5.06. The van der Waals surface area contributed by atoms with Gasteiger partial charge < -0.3 is 10.1 Å². The molecule has 1 unspecified atom stereocenters. The first-order valence-corrected chi connectivity index (χ1v) is 6.61. The summed E-state index contributed by atoms with van der Waals surface area (Å²) < 4.78 is 5.83. The number of hydrogen-bond donors (Lipinski definition) is 1. The quantitative estimate of drug-likeness (QED) is 0.735. The van der Waals surface area contributed by atoms with E-state index in [1.807, 2.05) is 6.08 Å². The Labute approximate surface area is 109 Å². The van der Waals surface area contributed by atoms with Crippen LogP contribution < -0.4 is 5.32 Å². The second kappa shape index (κ2) is 7.31. The Bertz CT molecular complexity index is 325. The molecule has 0 spiro atoms. The standard InChI is InChI=1S/C14H23NO3/c1-4-10(2)9-18-14-7-12(8-16)5-6-13(14)15-11(3)17/h7-8,10,13-14H,4-6,9H2,1-3H3,(H,15,17)/t10?,13-,14+/m1/s1. The topological polar surface area (TPSA) is 55.4 Å². The van der Waals surface area contributed by atoms with Crippen molar-refractivity contribution >= 4 is 12.2 Å². The maximum Gasteiger partial charge on any atom is 0.217 e. The molecule has 0 heterocycles. The van der Waals surface area contributed by atoms with Gasteiger partial charge >= 0.3 is 0 Å². The molecule has 1 amide bonds. The number of amides is 1. The Morgan fingerprint density at radius 2 is 2.39 bits per heavy atom. The van der Waals surface area contributed by atoms with E-state index in [1.54, 1.807) is 0 Å². The molecule has 0 aromatic rings. The van der Waals surface area contributed by atoms with Crippen LogP contribution in [0.2, 0.25) is 0 Å². The zero-order chi connectivity index (χ0) is 13.5. The number of aldehydes is 1. The van der Waals surface area contributed by atoms with Crippen molar-refractivity contribution in [2.75, 3.05) is 6.61 Å². The van der Waals surface area contributed by atoms with E-state index in [1.165, 1.54) is 6.92 Å². The van der Waals surface area contributed by atoms with Gasteiger partial charge in [0, 0.05) is 6.92 Å². The summed E-state index contributed by atoms with van der Waals surface area (Å²) in [5.74, 6) is 0.429. The van der Waals surface area contributed by atoms with Gasteiger partial charge in [-0.15, -0.1) is 0 Å². The number of hydrogen-bond acceptors (Lipinski definition) is 3. The first-order valence-electron chi connectivity index (χ1n) is 6.61. The molecule has 4 heteroatoms. The van der Waals surface area contributed by atoms with Crippen LogP contribution in [0.3, 0.4) is 0 Å². The summed E-state index contributed by atoms with van der Waals surface area (Å²) in [5.41, 5.74) is 0.769. The van der Waals surface area contributed by atoms with Gasteiger partial charge in [-0.1, -0.05) is 20.3 Å². The van der Waals surface area contributed by atoms with E-state index in [0.29, 0.717) is 18.9 Å². The zero-order valence-corrected chi connectivity index (χ0v) is 11.4. The molecule has 0 aliphatic heterocycles. The van der Waals surface area contributed by atoms with Crippen molar-refractivity contribution in [3.05, 3.63) is 11.6 Å². The highest BCUT2D eigenvalue weighted by atomic mass is 16.5. The fourth-order valence-electron chi connectivity index (χ4n) is 1.97. The molecule has 0 bridgehead atoms. The van der Waals surface area contributed by atoms with Crippen molar-refractivity contribution in [1.82, 2.24) is 5.32 Å². The predicted molar refractivity (Wildman–Crippen MR) is 70.2 cm³/mol. The second-order valence-electron chi connectivity index (χ2n) is 5.02. The lowest BCUT2D eigenvalue weighted by Crippen LogP contribution is -2.45. The second-order valence-corrected chi connectivity index (χ2v) is 5.02. The molecule has 102 valence electrons. The van der Waals surface area contributed by atoms with Crippen molar-refractivity contribution in [2.24, 2.45) is 5.92 Å². The van der Waals surface area contributed by atoms with E-state index < -0.39 is 0 Å². The van der Waals surface area contributed by atoms with Gasteiger partial charge in [0.2, 0.25) is 5.91 Å². The number of rotatable bonds is 6. The summed E-state index contributed by atoms with van der Waals surface area (Å²) in [4.78, 5) is 22.0. The number of carbonyl (C=O) groups excluding carboxylic acids is 2. The largest absolute Gasteiger partial charge is 0.372 e. The Morgan fingerprint density at radius 3 is 2.94 bits per heavy atom. The predicted octanol–water partition coefficient (Wildman–Crippen LogP) is 1.84. The highest BCUT2D eigenvalue weighted by Gasteiger charge is 2.26. The van der Waals surface area contributed by atoms with E-state index in [9.17, 15) is 9.59 Å². The summed E-state index contributed by atoms with van der Waals surface area (Å²) in [5, 5.41) is 2.89. The summed E-state index contributed by atoms with van der Waals surface area (Å²) >= 11 is 0. The Balaban J connectivity index is 2.64. The van der Waals surface area contributed by atoms with E-state index in [-0.39, 0.29) is 18.1 Å². The average molecular weight is 253 g/mol. The molecule has 3 atom stereocenters. The van der Waals surface area contributed by atoms with E-state index in [0.717, 1.165) is 24.7 Å². The monoisotopic (exact) mass is 253 g/mol. The van der Waals surface area contributed by atoms with E-state index in [4.69, 9.17) is 4.74 Å². The minimum atomic E-state index is -0.183. The fourth-order valence-corrected chi connectivity index (χ4v) is 1.97. The number of carbonyl (C=O) groups is 2. The summed E-state index contributed by atoms with van der Waals surface area (Å²) in [7, 11) is 0. The summed E-state index contributed by atoms with van der Waals surface area (Å²) in [6.45, 7) is 6.40. The highest BCUT2D eigenvalue weighted by molar-refractivity contribution is 5.75. The molecule has 0 aromatic carbocycles. The van der Waals surface area contributed by atoms with Crippen LogP contribution in [0.5, 0.6) is 0 Å². The van der Waals surface area contributed by atoms with Crippen molar-refractivity contribution < 1.29 is 14.3 Å². The van der Waals surface area contributed by atoms with Crippen LogP contribution in [0, 0.1) is 5.92 Å². The Hall–Kier alpha value is -1.16. The maximum atomic E-state index is 11.1. The van der Waals surface area contributed by atoms with Crippen LogP contribution in [0.4, 0.5) is 0 Å². The van der Waals surface area contributed by atoms with Gasteiger partial charge in [0.1, 0.15) is 6.29 Å². The van der Waals surface area contributed by atoms with Crippen LogP contribution in [-0.2, 0) is 14.3 Å². The minimum Gasteiger partial charge on any atom is -0.372 e. The molecular weight excluding hydrogens is 230 g/mol. The van der Waals surface area contributed by atoms with Crippen LogP contribution in [-0.4, -0.2) is 30.9 Å². The van der Waals surface area contributed by atoms with Gasteiger partial charge in [0.05, 0.1) is 18.8 Å². The zero-order valence-electron chi connectivity index (χ0n) is 11.4. The molecule has 1 N–H and O–H groups in total. The first-order chi connectivity index (χ1) is 8.56. The maximum absolute atomic E-state index is 11.1. The molecule has 4 nitrogen and oxygen atoms in total. The third-order valence-corrected chi connectivity index (χ3v) is 3.33. The minimum absolute atomic E-state index is 0.0183. The molecular formula is C14H23NO3. The smallest absolute Gasteiger partial charge is 0.217 e. The van der Waals surface area contributed by atoms with Crippen LogP contribution in [0.1, 0.15) is 40.0 Å². The van der Waals surface area contributed by atoms with Crippen LogP contribution in [0.15, 0.2) is 11.6 Å². The van der Waals surface area contributed by atoms with E-state index in [2.05, 4.69) is 19.2 Å². The summed E-state index contributed by atoms with van der Waals surface area (Å²) in [6, 6.07) is -0.0183. The van der Waals surface area contributed by atoms with Gasteiger partial charge in [-0.25, -0.2) is 0 Å². The van der Waals surface area contributed by atoms with Gasteiger partial charge in [0.15, 0.2) is 0 Å². The molecule has 0 fully saturated rings. The molecule has 18 heavy (non-hydrogen) atoms. The fraction of sp³-hybridized carbons (Fsp3) is 0.714. The van der Waals surface area contributed by atoms with Crippen molar-refractivity contribution in [1.29, 1.82) is 0 Å². The Kier molecular flexibility index (Phi) is 6.05. The molecule has 1 aliphatic carbocycles. The van der Waals surface area contributed by atoms with Gasteiger partial charge in [-0.05, 0) is 30.4 Å². The van der Waals surface area contributed by atoms with Gasteiger partial charge in [-0.3, -0.25) is 9.59 Å². The molecule has 0 saturated carbocycles. The van der Waals surface area contributed by atoms with Crippen LogP contribution in [0.25, 0.3) is 0 Å². The molecule has 0 saturated heterocycles. The number of allylic oxidation sites excluding steroid dienone is 1. The van der Waals surface area contributed by atoms with Gasteiger partial charge in [-0.2, -0.15) is 0 Å². The Morgan fingerprint density at radius 1 is 1.67 bits per heavy atom. The van der Waals surface area contributed by atoms with Gasteiger partial charge in [0.25, 0.3) is 0 Å². The van der Waals surface area contributed by atoms with Crippen molar-refractivity contribution in [3.8, 4) is 0 Å². The number of ether oxygens (including phenoxy) is 1.